The molecule has 0 bridgehead atoms. The zero-order chi connectivity index (χ0) is 14.0. The summed E-state index contributed by atoms with van der Waals surface area (Å²) in [6.45, 7) is 3.97. The lowest BCUT2D eigenvalue weighted by Crippen LogP contribution is -2.39. The first kappa shape index (κ1) is 13.3. The van der Waals surface area contributed by atoms with Gasteiger partial charge < -0.3 is 4.90 Å². The zero-order valence-corrected chi connectivity index (χ0v) is 11.4. The van der Waals surface area contributed by atoms with E-state index < -0.39 is 0 Å². The Hall–Kier alpha value is -2.11. The van der Waals surface area contributed by atoms with Crippen molar-refractivity contribution in [2.45, 2.75) is 32.9 Å². The predicted molar refractivity (Wildman–Crippen MR) is 72.0 cm³/mol. The molecule has 1 atom stereocenters. The first-order valence-corrected chi connectivity index (χ1v) is 6.34. The van der Waals surface area contributed by atoms with Gasteiger partial charge in [-0.3, -0.25) is 9.20 Å². The number of rotatable bonds is 4. The van der Waals surface area contributed by atoms with Crippen LogP contribution in [0.4, 0.5) is 0 Å². The van der Waals surface area contributed by atoms with Crippen LogP contribution in [0.15, 0.2) is 29.2 Å². The Kier molecular flexibility index (Phi) is 3.69. The van der Waals surface area contributed by atoms with Crippen LogP contribution < -0.4 is 5.69 Å². The summed E-state index contributed by atoms with van der Waals surface area (Å²) < 4.78 is 2.63. The fraction of sp³-hybridized carbons (Fsp3) is 0.462. The van der Waals surface area contributed by atoms with Crippen LogP contribution in [0.5, 0.6) is 0 Å². The number of hydrogen-bond acceptors (Lipinski definition) is 3. The molecule has 0 fully saturated rings. The predicted octanol–water partition coefficient (Wildman–Crippen LogP) is 0.753. The molecule has 1 amide bonds. The average molecular weight is 262 g/mol. The minimum Gasteiger partial charge on any atom is -0.341 e. The smallest absolute Gasteiger partial charge is 0.341 e. The van der Waals surface area contributed by atoms with Crippen molar-refractivity contribution in [3.05, 3.63) is 34.9 Å². The van der Waals surface area contributed by atoms with Gasteiger partial charge in [-0.05, 0) is 25.5 Å². The molecule has 6 nitrogen and oxygen atoms in total. The average Bonchev–Trinajstić information content (AvgIpc) is 2.74. The van der Waals surface area contributed by atoms with Gasteiger partial charge in [0.05, 0.1) is 0 Å². The van der Waals surface area contributed by atoms with Gasteiger partial charge in [0.2, 0.25) is 5.91 Å². The number of fused-ring (bicyclic) bond motifs is 1. The van der Waals surface area contributed by atoms with Crippen molar-refractivity contribution in [1.29, 1.82) is 0 Å². The Morgan fingerprint density at radius 3 is 2.84 bits per heavy atom. The zero-order valence-electron chi connectivity index (χ0n) is 11.4. The number of hydrogen-bond donors (Lipinski definition) is 0. The maximum atomic E-state index is 12.1. The molecular formula is C13H18N4O2. The third kappa shape index (κ3) is 2.52. The van der Waals surface area contributed by atoms with E-state index in [0.717, 1.165) is 6.42 Å². The molecule has 0 radical (unpaired) electrons. The summed E-state index contributed by atoms with van der Waals surface area (Å²) in [5, 5.41) is 4.14. The lowest BCUT2D eigenvalue weighted by Gasteiger charge is -2.23. The number of pyridine rings is 1. The summed E-state index contributed by atoms with van der Waals surface area (Å²) in [7, 11) is 1.75. The number of carbonyl (C=O) groups is 1. The SMILES string of the molecule is CCC(C)N(C)C(=O)Cn1nc2ccccn2c1=O. The van der Waals surface area contributed by atoms with E-state index in [2.05, 4.69) is 5.10 Å². The van der Waals surface area contributed by atoms with Crippen LogP contribution in [-0.2, 0) is 11.3 Å². The Balaban J connectivity index is 2.24. The first-order chi connectivity index (χ1) is 9.04. The largest absolute Gasteiger partial charge is 0.350 e. The second-order valence-electron chi connectivity index (χ2n) is 4.63. The summed E-state index contributed by atoms with van der Waals surface area (Å²) in [4.78, 5) is 25.7. The van der Waals surface area contributed by atoms with E-state index in [9.17, 15) is 9.59 Å². The van der Waals surface area contributed by atoms with Gasteiger partial charge in [-0.15, -0.1) is 5.10 Å². The molecule has 0 aliphatic rings. The van der Waals surface area contributed by atoms with E-state index in [1.807, 2.05) is 13.8 Å². The Morgan fingerprint density at radius 2 is 2.21 bits per heavy atom. The fourth-order valence-corrected chi connectivity index (χ4v) is 1.83. The van der Waals surface area contributed by atoms with E-state index in [0.29, 0.717) is 5.65 Å². The molecule has 0 aliphatic heterocycles. The van der Waals surface area contributed by atoms with Crippen molar-refractivity contribution in [3.8, 4) is 0 Å². The van der Waals surface area contributed by atoms with Crippen molar-refractivity contribution >= 4 is 11.6 Å². The highest BCUT2D eigenvalue weighted by Crippen LogP contribution is 2.02. The molecule has 0 spiro atoms. The van der Waals surface area contributed by atoms with Gasteiger partial charge in [-0.2, -0.15) is 0 Å². The number of nitrogens with zero attached hydrogens (tertiary/aromatic N) is 4. The third-order valence-corrected chi connectivity index (χ3v) is 3.42. The lowest BCUT2D eigenvalue weighted by atomic mass is 10.2. The highest BCUT2D eigenvalue weighted by atomic mass is 16.2. The molecule has 0 N–H and O–H groups in total. The van der Waals surface area contributed by atoms with Crippen molar-refractivity contribution in [3.63, 3.8) is 0 Å². The van der Waals surface area contributed by atoms with Crippen LogP contribution in [0.3, 0.4) is 0 Å². The topological polar surface area (TPSA) is 59.6 Å². The first-order valence-electron chi connectivity index (χ1n) is 6.34. The molecule has 0 aromatic carbocycles. The molecule has 2 aromatic heterocycles. The van der Waals surface area contributed by atoms with Crippen molar-refractivity contribution in [1.82, 2.24) is 19.1 Å². The molecule has 0 saturated carbocycles. The van der Waals surface area contributed by atoms with E-state index in [1.165, 1.54) is 9.08 Å². The normalized spacial score (nSPS) is 12.6. The van der Waals surface area contributed by atoms with Crippen molar-refractivity contribution < 1.29 is 4.79 Å². The van der Waals surface area contributed by atoms with Gasteiger partial charge in [-0.1, -0.05) is 13.0 Å². The highest BCUT2D eigenvalue weighted by molar-refractivity contribution is 5.75. The molecular weight excluding hydrogens is 244 g/mol. The maximum Gasteiger partial charge on any atom is 0.350 e. The Morgan fingerprint density at radius 1 is 1.47 bits per heavy atom. The van der Waals surface area contributed by atoms with Crippen LogP contribution in [-0.4, -0.2) is 38.1 Å². The second-order valence-corrected chi connectivity index (χ2v) is 4.63. The Bertz CT molecular complexity index is 643. The molecule has 102 valence electrons. The summed E-state index contributed by atoms with van der Waals surface area (Å²) in [5.41, 5.74) is 0.257. The van der Waals surface area contributed by atoms with Crippen LogP contribution in [0.25, 0.3) is 5.65 Å². The minimum atomic E-state index is -0.290. The summed E-state index contributed by atoms with van der Waals surface area (Å²) >= 11 is 0. The van der Waals surface area contributed by atoms with Gasteiger partial charge in [0.25, 0.3) is 0 Å². The molecule has 0 aliphatic carbocycles. The van der Waals surface area contributed by atoms with Crippen LogP contribution in [0, 0.1) is 0 Å². The van der Waals surface area contributed by atoms with Gasteiger partial charge in [0.15, 0.2) is 5.65 Å². The van der Waals surface area contributed by atoms with E-state index in [-0.39, 0.29) is 24.2 Å². The van der Waals surface area contributed by atoms with E-state index in [1.54, 1.807) is 36.3 Å². The summed E-state index contributed by atoms with van der Waals surface area (Å²) in [6, 6.07) is 5.45. The molecule has 6 heteroatoms. The van der Waals surface area contributed by atoms with Gasteiger partial charge in [0, 0.05) is 19.3 Å². The van der Waals surface area contributed by atoms with Gasteiger partial charge in [-0.25, -0.2) is 9.48 Å². The van der Waals surface area contributed by atoms with Crippen molar-refractivity contribution in [2.75, 3.05) is 7.05 Å². The van der Waals surface area contributed by atoms with Crippen LogP contribution >= 0.6 is 0 Å². The maximum absolute atomic E-state index is 12.1. The van der Waals surface area contributed by atoms with Gasteiger partial charge >= 0.3 is 5.69 Å². The monoisotopic (exact) mass is 262 g/mol. The summed E-state index contributed by atoms with van der Waals surface area (Å²) in [5.74, 6) is -0.111. The standard InChI is InChI=1S/C13H18N4O2/c1-4-10(2)15(3)12(18)9-17-13(19)16-8-6-5-7-11(16)14-17/h5-8,10H,4,9H2,1-3H3. The second kappa shape index (κ2) is 5.26. The molecule has 2 rings (SSSR count). The number of carbonyl (C=O) groups excluding carboxylic acids is 1. The van der Waals surface area contributed by atoms with Crippen molar-refractivity contribution in [2.24, 2.45) is 0 Å². The molecule has 0 saturated heterocycles. The van der Waals surface area contributed by atoms with Gasteiger partial charge in [0.1, 0.15) is 6.54 Å². The van der Waals surface area contributed by atoms with E-state index >= 15 is 0 Å². The van der Waals surface area contributed by atoms with Crippen LogP contribution in [0.2, 0.25) is 0 Å². The number of amides is 1. The molecule has 2 heterocycles. The number of aromatic nitrogens is 3. The highest BCUT2D eigenvalue weighted by Gasteiger charge is 2.17. The Labute approximate surface area is 111 Å². The molecule has 1 unspecified atom stereocenters. The lowest BCUT2D eigenvalue weighted by molar-refractivity contribution is -0.132. The third-order valence-electron chi connectivity index (χ3n) is 3.42. The number of likely N-dealkylation sites (N-methyl/N-ethyl adjacent to an activating group) is 1. The fourth-order valence-electron chi connectivity index (χ4n) is 1.83. The molecule has 19 heavy (non-hydrogen) atoms. The minimum absolute atomic E-state index is 0.0264. The molecule has 2 aromatic rings. The van der Waals surface area contributed by atoms with Crippen LogP contribution in [0.1, 0.15) is 20.3 Å². The van der Waals surface area contributed by atoms with E-state index in [4.69, 9.17) is 0 Å². The summed E-state index contributed by atoms with van der Waals surface area (Å²) in [6.07, 6.45) is 2.52. The quantitative estimate of drug-likeness (QED) is 0.817.